The third-order valence-electron chi connectivity index (χ3n) is 1.54. The average Bonchev–Trinajstić information content (AvgIpc) is 2.26. The number of nitrogen functional groups attached to an aromatic ring is 1. The maximum Gasteiger partial charge on any atom is 0.145 e. The van der Waals surface area contributed by atoms with E-state index in [1.165, 1.54) is 6.33 Å². The van der Waals surface area contributed by atoms with Crippen molar-refractivity contribution in [2.24, 2.45) is 5.84 Å². The minimum Gasteiger partial charge on any atom is -0.394 e. The third-order valence-corrected chi connectivity index (χ3v) is 1.54. The molecule has 0 saturated heterocycles. The molecule has 1 rings (SSSR count). The number of hydrazine groups is 1. The Balaban J connectivity index is 2.50. The Morgan fingerprint density at radius 1 is 1.43 bits per heavy atom. The lowest BCUT2D eigenvalue weighted by Crippen LogP contribution is -2.23. The summed E-state index contributed by atoms with van der Waals surface area (Å²) in [5.74, 6) is 6.14. The summed E-state index contributed by atoms with van der Waals surface area (Å²) in [5.41, 5.74) is 2.37. The highest BCUT2D eigenvalue weighted by molar-refractivity contribution is 5.45. The van der Waals surface area contributed by atoms with E-state index < -0.39 is 6.10 Å². The Kier molecular flexibility index (Phi) is 4.05. The molecule has 1 atom stereocenters. The first-order chi connectivity index (χ1) is 6.76. The molecule has 6 N–H and O–H groups in total. The lowest BCUT2D eigenvalue weighted by Gasteiger charge is -2.09. The lowest BCUT2D eigenvalue weighted by molar-refractivity contribution is 0.105. The average molecular weight is 199 g/mol. The van der Waals surface area contributed by atoms with Gasteiger partial charge in [0.05, 0.1) is 12.7 Å². The van der Waals surface area contributed by atoms with Gasteiger partial charge < -0.3 is 21.0 Å². The summed E-state index contributed by atoms with van der Waals surface area (Å²) in [6.45, 7) is -0.0718. The molecule has 0 bridgehead atoms. The van der Waals surface area contributed by atoms with Gasteiger partial charge in [-0.25, -0.2) is 15.8 Å². The van der Waals surface area contributed by atoms with E-state index in [9.17, 15) is 0 Å². The zero-order valence-corrected chi connectivity index (χ0v) is 7.51. The number of aliphatic hydroxyl groups excluding tert-OH is 2. The fraction of sp³-hybridized carbons (Fsp3) is 0.429. The smallest absolute Gasteiger partial charge is 0.145 e. The summed E-state index contributed by atoms with van der Waals surface area (Å²) in [5, 5.41) is 20.4. The monoisotopic (exact) mass is 199 g/mol. The van der Waals surface area contributed by atoms with E-state index in [-0.39, 0.29) is 13.2 Å². The van der Waals surface area contributed by atoms with Crippen LogP contribution in [0.15, 0.2) is 12.4 Å². The van der Waals surface area contributed by atoms with Crippen molar-refractivity contribution in [3.05, 3.63) is 12.4 Å². The van der Waals surface area contributed by atoms with Crippen LogP contribution in [0.1, 0.15) is 0 Å². The van der Waals surface area contributed by atoms with Gasteiger partial charge in [-0.2, -0.15) is 0 Å². The van der Waals surface area contributed by atoms with Crippen LogP contribution < -0.4 is 16.6 Å². The molecule has 0 aliphatic rings. The van der Waals surface area contributed by atoms with Crippen LogP contribution in [0.25, 0.3) is 0 Å². The molecule has 14 heavy (non-hydrogen) atoms. The van der Waals surface area contributed by atoms with Gasteiger partial charge in [0.25, 0.3) is 0 Å². The maximum atomic E-state index is 9.05. The van der Waals surface area contributed by atoms with Crippen molar-refractivity contribution in [2.75, 3.05) is 23.9 Å². The van der Waals surface area contributed by atoms with Crippen molar-refractivity contribution in [2.45, 2.75) is 6.10 Å². The molecule has 7 nitrogen and oxygen atoms in total. The molecule has 1 aromatic rings. The van der Waals surface area contributed by atoms with Crippen LogP contribution >= 0.6 is 0 Å². The fourth-order valence-corrected chi connectivity index (χ4v) is 0.820. The Morgan fingerprint density at radius 2 is 2.14 bits per heavy atom. The summed E-state index contributed by atoms with van der Waals surface area (Å²) < 4.78 is 0. The highest BCUT2D eigenvalue weighted by atomic mass is 16.3. The maximum absolute atomic E-state index is 9.05. The highest BCUT2D eigenvalue weighted by Crippen LogP contribution is 2.06. The summed E-state index contributed by atoms with van der Waals surface area (Å²) >= 11 is 0. The number of anilines is 2. The molecule has 0 aliphatic carbocycles. The Hall–Kier alpha value is -1.44. The van der Waals surface area contributed by atoms with E-state index in [0.29, 0.717) is 11.6 Å². The molecule has 7 heteroatoms. The largest absolute Gasteiger partial charge is 0.394 e. The van der Waals surface area contributed by atoms with Gasteiger partial charge >= 0.3 is 0 Å². The number of hydrogen-bond acceptors (Lipinski definition) is 7. The Bertz CT molecular complexity index is 283. The Morgan fingerprint density at radius 3 is 2.79 bits per heavy atom. The van der Waals surface area contributed by atoms with Gasteiger partial charge in [0.1, 0.15) is 18.0 Å². The van der Waals surface area contributed by atoms with Crippen molar-refractivity contribution >= 4 is 11.6 Å². The van der Waals surface area contributed by atoms with Crippen LogP contribution in [0.5, 0.6) is 0 Å². The predicted octanol–water partition coefficient (Wildman–Crippen LogP) is -1.47. The molecular formula is C7H13N5O2. The fourth-order valence-electron chi connectivity index (χ4n) is 0.820. The van der Waals surface area contributed by atoms with Gasteiger partial charge in [0.2, 0.25) is 0 Å². The van der Waals surface area contributed by atoms with Crippen LogP contribution in [0.2, 0.25) is 0 Å². The minimum absolute atomic E-state index is 0.220. The first kappa shape index (κ1) is 10.6. The van der Waals surface area contributed by atoms with Crippen molar-refractivity contribution in [1.29, 1.82) is 0 Å². The van der Waals surface area contributed by atoms with Crippen molar-refractivity contribution in [1.82, 2.24) is 9.97 Å². The molecule has 78 valence electrons. The van der Waals surface area contributed by atoms with Crippen LogP contribution in [0.3, 0.4) is 0 Å². The minimum atomic E-state index is -0.806. The topological polar surface area (TPSA) is 116 Å². The second-order valence-corrected chi connectivity index (χ2v) is 2.65. The van der Waals surface area contributed by atoms with Crippen LogP contribution in [0.4, 0.5) is 11.6 Å². The number of nitrogens with zero attached hydrogens (tertiary/aromatic N) is 2. The van der Waals surface area contributed by atoms with E-state index in [1.54, 1.807) is 6.07 Å². The SMILES string of the molecule is NNc1cc(NCC(O)CO)ncn1. The van der Waals surface area contributed by atoms with Gasteiger partial charge in [0, 0.05) is 12.6 Å². The van der Waals surface area contributed by atoms with Crippen LogP contribution in [-0.2, 0) is 0 Å². The van der Waals surface area contributed by atoms with Crippen molar-refractivity contribution in [3.63, 3.8) is 0 Å². The second-order valence-electron chi connectivity index (χ2n) is 2.65. The van der Waals surface area contributed by atoms with Crippen LogP contribution in [0, 0.1) is 0 Å². The van der Waals surface area contributed by atoms with Crippen molar-refractivity contribution in [3.8, 4) is 0 Å². The van der Waals surface area contributed by atoms with E-state index in [1.807, 2.05) is 0 Å². The second kappa shape index (κ2) is 5.32. The highest BCUT2D eigenvalue weighted by Gasteiger charge is 2.02. The molecule has 0 spiro atoms. The number of aliphatic hydroxyl groups is 2. The lowest BCUT2D eigenvalue weighted by atomic mass is 10.4. The number of hydrogen-bond donors (Lipinski definition) is 5. The standard InChI is InChI=1S/C7H13N5O2/c8-12-7-1-6(10-4-11-7)9-2-5(14)3-13/h1,4-5,13-14H,2-3,8H2,(H2,9,10,11,12). The summed E-state index contributed by atoms with van der Waals surface area (Å²) in [7, 11) is 0. The zero-order valence-electron chi connectivity index (χ0n) is 7.51. The first-order valence-corrected chi connectivity index (χ1v) is 4.07. The number of rotatable bonds is 5. The van der Waals surface area contributed by atoms with Gasteiger partial charge in [-0.3, -0.25) is 0 Å². The third kappa shape index (κ3) is 3.13. The molecule has 0 radical (unpaired) electrons. The normalized spacial score (nSPS) is 12.2. The zero-order chi connectivity index (χ0) is 10.4. The van der Waals surface area contributed by atoms with Gasteiger partial charge in [-0.15, -0.1) is 0 Å². The van der Waals surface area contributed by atoms with Crippen molar-refractivity contribution < 1.29 is 10.2 Å². The summed E-state index contributed by atoms with van der Waals surface area (Å²) in [6.07, 6.45) is 0.530. The van der Waals surface area contributed by atoms with E-state index in [2.05, 4.69) is 20.7 Å². The molecule has 0 aliphatic heterocycles. The molecule has 1 aromatic heterocycles. The number of aromatic nitrogens is 2. The molecular weight excluding hydrogens is 186 g/mol. The van der Waals surface area contributed by atoms with Gasteiger partial charge in [-0.05, 0) is 0 Å². The number of nitrogens with two attached hydrogens (primary N) is 1. The van der Waals surface area contributed by atoms with Crippen LogP contribution in [-0.4, -0.2) is 39.4 Å². The molecule has 1 heterocycles. The van der Waals surface area contributed by atoms with E-state index in [4.69, 9.17) is 16.1 Å². The van der Waals surface area contributed by atoms with E-state index in [0.717, 1.165) is 0 Å². The molecule has 0 aromatic carbocycles. The molecule has 1 unspecified atom stereocenters. The molecule has 0 amide bonds. The quantitative estimate of drug-likeness (QED) is 0.290. The summed E-state index contributed by atoms with van der Waals surface area (Å²) in [6, 6.07) is 1.59. The van der Waals surface area contributed by atoms with E-state index >= 15 is 0 Å². The summed E-state index contributed by atoms with van der Waals surface area (Å²) in [4.78, 5) is 7.69. The number of nitrogens with one attached hydrogen (secondary N) is 2. The van der Waals surface area contributed by atoms with Gasteiger partial charge in [-0.1, -0.05) is 0 Å². The predicted molar refractivity (Wildman–Crippen MR) is 51.4 cm³/mol. The first-order valence-electron chi connectivity index (χ1n) is 4.07. The van der Waals surface area contributed by atoms with Gasteiger partial charge in [0.15, 0.2) is 0 Å². The molecule has 0 fully saturated rings. The Labute approximate surface area is 81.0 Å². The molecule has 0 saturated carbocycles.